The van der Waals surface area contributed by atoms with Crippen molar-refractivity contribution in [3.05, 3.63) is 41.1 Å². The number of amides is 1. The van der Waals surface area contributed by atoms with Crippen LogP contribution in [0.25, 0.3) is 0 Å². The van der Waals surface area contributed by atoms with E-state index < -0.39 is 24.4 Å². The molecule has 146 valence electrons. The second-order valence-corrected chi connectivity index (χ2v) is 7.16. The van der Waals surface area contributed by atoms with Crippen molar-refractivity contribution in [1.29, 1.82) is 5.26 Å². The monoisotopic (exact) mass is 389 g/mol. The molecule has 2 aromatic rings. The molecule has 1 atom stereocenters. The summed E-state index contributed by atoms with van der Waals surface area (Å²) in [6.07, 6.45) is -3.77. The van der Waals surface area contributed by atoms with Gasteiger partial charge in [-0.3, -0.25) is 9.89 Å². The van der Waals surface area contributed by atoms with Gasteiger partial charge < -0.3 is 10.2 Å². The van der Waals surface area contributed by atoms with Crippen LogP contribution < -0.4 is 10.2 Å². The molecule has 1 unspecified atom stereocenters. The van der Waals surface area contributed by atoms with Gasteiger partial charge in [0, 0.05) is 36.7 Å². The number of aromatic nitrogens is 2. The van der Waals surface area contributed by atoms with Crippen molar-refractivity contribution in [3.63, 3.8) is 0 Å². The van der Waals surface area contributed by atoms with Gasteiger partial charge >= 0.3 is 6.18 Å². The van der Waals surface area contributed by atoms with Crippen LogP contribution >= 0.6 is 0 Å². The molecule has 1 aromatic heterocycles. The van der Waals surface area contributed by atoms with Crippen molar-refractivity contribution in [2.24, 2.45) is 0 Å². The maximum atomic E-state index is 13.5. The number of anilines is 2. The van der Waals surface area contributed by atoms with Gasteiger partial charge in [-0.15, -0.1) is 0 Å². The third-order valence-corrected chi connectivity index (χ3v) is 5.47. The van der Waals surface area contributed by atoms with Gasteiger partial charge in [0.25, 0.3) is 0 Å². The van der Waals surface area contributed by atoms with Crippen LogP contribution in [0.5, 0.6) is 0 Å². The molecule has 2 aliphatic heterocycles. The van der Waals surface area contributed by atoms with Crippen molar-refractivity contribution < 1.29 is 18.0 Å². The number of nitrogens with zero attached hydrogens (tertiary/aromatic N) is 3. The fourth-order valence-corrected chi connectivity index (χ4v) is 4.04. The molecule has 2 aliphatic rings. The first-order valence-corrected chi connectivity index (χ1v) is 9.06. The van der Waals surface area contributed by atoms with E-state index in [0.717, 1.165) is 5.69 Å². The second kappa shape index (κ2) is 6.86. The first-order chi connectivity index (χ1) is 13.4. The van der Waals surface area contributed by atoms with Crippen LogP contribution in [0.3, 0.4) is 0 Å². The number of hydrogen-bond acceptors (Lipinski definition) is 4. The number of nitriles is 1. The van der Waals surface area contributed by atoms with E-state index in [1.165, 1.54) is 0 Å². The fraction of sp³-hybridized carbons (Fsp3) is 0.421. The maximum Gasteiger partial charge on any atom is 0.396 e. The minimum Gasteiger partial charge on any atom is -0.371 e. The lowest BCUT2D eigenvalue weighted by Gasteiger charge is -2.34. The summed E-state index contributed by atoms with van der Waals surface area (Å²) in [6.45, 7) is 1.36. The van der Waals surface area contributed by atoms with Gasteiger partial charge in [0.1, 0.15) is 5.82 Å². The Kier molecular flexibility index (Phi) is 4.49. The van der Waals surface area contributed by atoms with Gasteiger partial charge in [0.05, 0.1) is 23.2 Å². The molecule has 3 heterocycles. The van der Waals surface area contributed by atoms with Crippen molar-refractivity contribution in [1.82, 2.24) is 10.2 Å². The number of piperidine rings is 1. The third-order valence-electron chi connectivity index (χ3n) is 5.47. The Labute approximate surface area is 159 Å². The zero-order chi connectivity index (χ0) is 19.9. The lowest BCUT2D eigenvalue weighted by Crippen LogP contribution is -2.35. The predicted molar refractivity (Wildman–Crippen MR) is 96.0 cm³/mol. The average molecular weight is 389 g/mol. The Balaban J connectivity index is 1.53. The summed E-state index contributed by atoms with van der Waals surface area (Å²) >= 11 is 0. The summed E-state index contributed by atoms with van der Waals surface area (Å²) in [5, 5.41) is 18.1. The average Bonchev–Trinajstić information content (AvgIpc) is 3.10. The maximum absolute atomic E-state index is 13.5. The summed E-state index contributed by atoms with van der Waals surface area (Å²) in [7, 11) is 0. The van der Waals surface area contributed by atoms with E-state index in [-0.39, 0.29) is 17.3 Å². The number of rotatable bonds is 2. The van der Waals surface area contributed by atoms with Gasteiger partial charge in [-0.2, -0.15) is 23.5 Å². The summed E-state index contributed by atoms with van der Waals surface area (Å²) in [6, 6.07) is 9.34. The molecule has 1 saturated heterocycles. The van der Waals surface area contributed by atoms with Crippen molar-refractivity contribution in [3.8, 4) is 6.07 Å². The summed E-state index contributed by atoms with van der Waals surface area (Å²) < 4.78 is 40.5. The Morgan fingerprint density at radius 1 is 1.18 bits per heavy atom. The summed E-state index contributed by atoms with van der Waals surface area (Å²) in [5.41, 5.74) is 2.07. The highest BCUT2D eigenvalue weighted by Gasteiger charge is 2.48. The van der Waals surface area contributed by atoms with E-state index in [4.69, 9.17) is 5.26 Å². The minimum atomic E-state index is -4.49. The van der Waals surface area contributed by atoms with Crippen LogP contribution in [0.15, 0.2) is 24.3 Å². The number of carbonyl (C=O) groups excluding carboxylic acids is 1. The first kappa shape index (κ1) is 18.3. The van der Waals surface area contributed by atoms with Gasteiger partial charge in [0.15, 0.2) is 0 Å². The molecule has 0 aliphatic carbocycles. The van der Waals surface area contributed by atoms with Crippen LogP contribution in [-0.4, -0.2) is 35.4 Å². The SMILES string of the molecule is N#Cc1ccc(N2CCC(c3n[nH]c4c3C(C(F)(F)F)CC(=O)N4)CC2)cc1. The molecule has 6 nitrogen and oxygen atoms in total. The molecule has 1 fully saturated rings. The standard InChI is InChI=1S/C19H18F3N5O/c20-19(21,22)14-9-15(28)24-18-16(14)17(25-26-18)12-5-7-27(8-6-12)13-3-1-11(10-23)2-4-13/h1-4,12,14H,5-9H2,(H2,24,25,26,28). The number of nitrogens with one attached hydrogen (secondary N) is 2. The molecule has 0 radical (unpaired) electrons. The predicted octanol–water partition coefficient (Wildman–Crippen LogP) is 3.65. The topological polar surface area (TPSA) is 84.8 Å². The zero-order valence-corrected chi connectivity index (χ0v) is 14.9. The largest absolute Gasteiger partial charge is 0.396 e. The lowest BCUT2D eigenvalue weighted by atomic mass is 9.84. The first-order valence-electron chi connectivity index (χ1n) is 9.06. The van der Waals surface area contributed by atoms with Crippen LogP contribution in [-0.2, 0) is 4.79 Å². The number of halogens is 3. The normalized spacial score (nSPS) is 20.4. The number of hydrogen-bond donors (Lipinski definition) is 2. The Morgan fingerprint density at radius 3 is 2.46 bits per heavy atom. The number of carbonyl (C=O) groups is 1. The molecular formula is C19H18F3N5O. The summed E-state index contributed by atoms with van der Waals surface area (Å²) in [5.74, 6) is -2.50. The number of alkyl halides is 3. The van der Waals surface area contributed by atoms with E-state index in [1.807, 2.05) is 12.1 Å². The van der Waals surface area contributed by atoms with Crippen LogP contribution in [0.1, 0.15) is 47.9 Å². The molecule has 4 rings (SSSR count). The van der Waals surface area contributed by atoms with E-state index in [2.05, 4.69) is 26.5 Å². The Morgan fingerprint density at radius 2 is 1.86 bits per heavy atom. The van der Waals surface area contributed by atoms with Crippen molar-refractivity contribution in [2.75, 3.05) is 23.3 Å². The number of H-pyrrole nitrogens is 1. The molecule has 2 N–H and O–H groups in total. The molecule has 0 saturated carbocycles. The van der Waals surface area contributed by atoms with E-state index in [1.54, 1.807) is 12.1 Å². The van der Waals surface area contributed by atoms with Crippen molar-refractivity contribution in [2.45, 2.75) is 37.3 Å². The molecule has 1 aromatic carbocycles. The van der Waals surface area contributed by atoms with E-state index in [0.29, 0.717) is 37.2 Å². The number of benzene rings is 1. The fourth-order valence-electron chi connectivity index (χ4n) is 4.04. The molecule has 0 bridgehead atoms. The third kappa shape index (κ3) is 3.30. The quantitative estimate of drug-likeness (QED) is 0.821. The second-order valence-electron chi connectivity index (χ2n) is 7.16. The van der Waals surface area contributed by atoms with Gasteiger partial charge in [-0.25, -0.2) is 0 Å². The lowest BCUT2D eigenvalue weighted by molar-refractivity contribution is -0.156. The van der Waals surface area contributed by atoms with Crippen LogP contribution in [0.4, 0.5) is 24.7 Å². The van der Waals surface area contributed by atoms with Gasteiger partial charge in [-0.05, 0) is 37.1 Å². The van der Waals surface area contributed by atoms with Crippen molar-refractivity contribution >= 4 is 17.4 Å². The molecule has 28 heavy (non-hydrogen) atoms. The van der Waals surface area contributed by atoms with Gasteiger partial charge in [0.2, 0.25) is 5.91 Å². The molecule has 9 heteroatoms. The highest BCUT2D eigenvalue weighted by molar-refractivity contribution is 5.94. The Hall–Kier alpha value is -3.02. The highest BCUT2D eigenvalue weighted by Crippen LogP contribution is 2.46. The molecule has 1 amide bonds. The zero-order valence-electron chi connectivity index (χ0n) is 14.9. The smallest absolute Gasteiger partial charge is 0.371 e. The molecular weight excluding hydrogens is 371 g/mol. The molecule has 0 spiro atoms. The van der Waals surface area contributed by atoms with Gasteiger partial charge in [-0.1, -0.05) is 0 Å². The Bertz CT molecular complexity index is 921. The minimum absolute atomic E-state index is 0.0723. The number of aromatic amines is 1. The van der Waals surface area contributed by atoms with Crippen LogP contribution in [0.2, 0.25) is 0 Å². The number of fused-ring (bicyclic) bond motifs is 1. The summed E-state index contributed by atoms with van der Waals surface area (Å²) in [4.78, 5) is 13.8. The van der Waals surface area contributed by atoms with E-state index >= 15 is 0 Å². The van der Waals surface area contributed by atoms with Crippen LogP contribution in [0, 0.1) is 11.3 Å². The van der Waals surface area contributed by atoms with E-state index in [9.17, 15) is 18.0 Å². The highest BCUT2D eigenvalue weighted by atomic mass is 19.4.